The van der Waals surface area contributed by atoms with Crippen LogP contribution in [0.5, 0.6) is 0 Å². The van der Waals surface area contributed by atoms with Crippen molar-refractivity contribution in [1.29, 1.82) is 0 Å². The van der Waals surface area contributed by atoms with Gasteiger partial charge in [-0.1, -0.05) is 45.8 Å². The second kappa shape index (κ2) is 5.46. The van der Waals surface area contributed by atoms with Gasteiger partial charge in [-0.25, -0.2) is 0 Å². The molecule has 0 aliphatic heterocycles. The molecule has 0 aliphatic carbocycles. The molecule has 1 unspecified atom stereocenters. The van der Waals surface area contributed by atoms with Crippen LogP contribution in [-0.4, -0.2) is 0 Å². The van der Waals surface area contributed by atoms with E-state index in [1.807, 2.05) is 12.1 Å². The first-order valence-corrected chi connectivity index (χ1v) is 7.19. The zero-order chi connectivity index (χ0) is 13.3. The summed E-state index contributed by atoms with van der Waals surface area (Å²) in [6.45, 7) is 6.37. The van der Waals surface area contributed by atoms with Gasteiger partial charge in [0.25, 0.3) is 0 Å². The molecule has 0 nitrogen and oxygen atoms in total. The maximum absolute atomic E-state index is 6.65. The average molecular weight is 324 g/mol. The number of hydrogen-bond donors (Lipinski definition) is 0. The first-order chi connectivity index (χ1) is 8.49. The van der Waals surface area contributed by atoms with Gasteiger partial charge in [0.2, 0.25) is 0 Å². The zero-order valence-corrected chi connectivity index (χ0v) is 13.1. The molecule has 0 saturated carbocycles. The Kier molecular flexibility index (Phi) is 4.14. The second-order valence-corrected chi connectivity index (χ2v) is 6.08. The Bertz CT molecular complexity index is 552. The standard InChI is InChI=1S/C16H16BrCl/c1-10-7-11(2)15(12(3)8-10)16(18)13-5-4-6-14(17)9-13/h4-9,16H,1-3H3. The van der Waals surface area contributed by atoms with Crippen molar-refractivity contribution in [2.45, 2.75) is 26.1 Å². The second-order valence-electron chi connectivity index (χ2n) is 4.73. The van der Waals surface area contributed by atoms with Gasteiger partial charge in [-0.15, -0.1) is 11.6 Å². The molecule has 0 heterocycles. The van der Waals surface area contributed by atoms with Gasteiger partial charge < -0.3 is 0 Å². The van der Waals surface area contributed by atoms with E-state index in [1.165, 1.54) is 22.3 Å². The summed E-state index contributed by atoms with van der Waals surface area (Å²) in [6, 6.07) is 12.6. The van der Waals surface area contributed by atoms with Gasteiger partial charge in [-0.3, -0.25) is 0 Å². The molecule has 94 valence electrons. The summed E-state index contributed by atoms with van der Waals surface area (Å²) in [4.78, 5) is 0. The number of alkyl halides is 1. The van der Waals surface area contributed by atoms with Gasteiger partial charge in [0.1, 0.15) is 0 Å². The molecule has 2 rings (SSSR count). The van der Waals surface area contributed by atoms with Gasteiger partial charge in [0.15, 0.2) is 0 Å². The molecular weight excluding hydrogens is 308 g/mol. The van der Waals surface area contributed by atoms with Crippen molar-refractivity contribution >= 4 is 27.5 Å². The Morgan fingerprint density at radius 1 is 1.00 bits per heavy atom. The lowest BCUT2D eigenvalue weighted by Crippen LogP contribution is -2.00. The van der Waals surface area contributed by atoms with Crippen LogP contribution in [0.4, 0.5) is 0 Å². The molecule has 0 aliphatic rings. The minimum absolute atomic E-state index is 0.0944. The van der Waals surface area contributed by atoms with Crippen molar-refractivity contribution in [2.75, 3.05) is 0 Å². The summed E-state index contributed by atoms with van der Waals surface area (Å²) >= 11 is 10.1. The fourth-order valence-corrected chi connectivity index (χ4v) is 3.32. The lowest BCUT2D eigenvalue weighted by atomic mass is 9.94. The predicted octanol–water partition coefficient (Wildman–Crippen LogP) is 5.70. The average Bonchev–Trinajstić information content (AvgIpc) is 2.27. The van der Waals surface area contributed by atoms with Gasteiger partial charge in [0.05, 0.1) is 5.38 Å². The van der Waals surface area contributed by atoms with E-state index in [-0.39, 0.29) is 5.38 Å². The molecule has 0 saturated heterocycles. The molecule has 0 radical (unpaired) electrons. The number of aryl methyl sites for hydroxylation is 3. The maximum Gasteiger partial charge on any atom is 0.0840 e. The molecule has 1 atom stereocenters. The first-order valence-electron chi connectivity index (χ1n) is 5.96. The summed E-state index contributed by atoms with van der Waals surface area (Å²) in [5.41, 5.74) is 6.15. The molecule has 0 fully saturated rings. The van der Waals surface area contributed by atoms with Crippen molar-refractivity contribution in [3.63, 3.8) is 0 Å². The monoisotopic (exact) mass is 322 g/mol. The number of halogens is 2. The van der Waals surface area contributed by atoms with Gasteiger partial charge in [-0.2, -0.15) is 0 Å². The van der Waals surface area contributed by atoms with Crippen molar-refractivity contribution < 1.29 is 0 Å². The summed E-state index contributed by atoms with van der Waals surface area (Å²) in [6.07, 6.45) is 0. The molecule has 0 bridgehead atoms. The highest BCUT2D eigenvalue weighted by molar-refractivity contribution is 9.10. The molecule has 0 spiro atoms. The molecule has 0 amide bonds. The van der Waals surface area contributed by atoms with Crippen LogP contribution < -0.4 is 0 Å². The number of rotatable bonds is 2. The first kappa shape index (κ1) is 13.6. The van der Waals surface area contributed by atoms with Gasteiger partial charge >= 0.3 is 0 Å². The van der Waals surface area contributed by atoms with E-state index < -0.39 is 0 Å². The number of hydrogen-bond acceptors (Lipinski definition) is 0. The molecule has 2 aromatic rings. The van der Waals surface area contributed by atoms with E-state index in [0.29, 0.717) is 0 Å². The Morgan fingerprint density at radius 2 is 1.61 bits per heavy atom. The van der Waals surface area contributed by atoms with Crippen LogP contribution in [0.15, 0.2) is 40.9 Å². The van der Waals surface area contributed by atoms with Crippen molar-refractivity contribution in [3.05, 3.63) is 68.7 Å². The fourth-order valence-electron chi connectivity index (χ4n) is 2.42. The van der Waals surface area contributed by atoms with Gasteiger partial charge in [0, 0.05) is 4.47 Å². The van der Waals surface area contributed by atoms with Gasteiger partial charge in [-0.05, 0) is 55.2 Å². The van der Waals surface area contributed by atoms with E-state index in [0.717, 1.165) is 10.0 Å². The number of benzene rings is 2. The molecule has 2 aromatic carbocycles. The Labute approximate surface area is 122 Å². The third-order valence-electron chi connectivity index (χ3n) is 3.13. The van der Waals surface area contributed by atoms with Crippen LogP contribution in [0.1, 0.15) is 33.2 Å². The largest absolute Gasteiger partial charge is 0.113 e. The highest BCUT2D eigenvalue weighted by atomic mass is 79.9. The molecule has 0 aromatic heterocycles. The molecule has 0 N–H and O–H groups in total. The summed E-state index contributed by atoms with van der Waals surface area (Å²) in [5.74, 6) is 0. The van der Waals surface area contributed by atoms with E-state index in [2.05, 4.69) is 61.0 Å². The highest BCUT2D eigenvalue weighted by Gasteiger charge is 2.16. The van der Waals surface area contributed by atoms with E-state index in [1.54, 1.807) is 0 Å². The quantitative estimate of drug-likeness (QED) is 0.622. The Morgan fingerprint density at radius 3 is 2.17 bits per heavy atom. The topological polar surface area (TPSA) is 0 Å². The summed E-state index contributed by atoms with van der Waals surface area (Å²) in [5, 5.41) is -0.0944. The molecular formula is C16H16BrCl. The maximum atomic E-state index is 6.65. The van der Waals surface area contributed by atoms with Crippen LogP contribution in [0.2, 0.25) is 0 Å². The third kappa shape index (κ3) is 2.78. The summed E-state index contributed by atoms with van der Waals surface area (Å²) in [7, 11) is 0. The minimum atomic E-state index is -0.0944. The van der Waals surface area contributed by atoms with Crippen LogP contribution in [0, 0.1) is 20.8 Å². The van der Waals surface area contributed by atoms with Crippen LogP contribution in [0.3, 0.4) is 0 Å². The van der Waals surface area contributed by atoms with E-state index in [4.69, 9.17) is 11.6 Å². The van der Waals surface area contributed by atoms with E-state index in [9.17, 15) is 0 Å². The summed E-state index contributed by atoms with van der Waals surface area (Å²) < 4.78 is 1.06. The Hall–Kier alpha value is -0.790. The van der Waals surface area contributed by atoms with Crippen molar-refractivity contribution in [2.24, 2.45) is 0 Å². The lowest BCUT2D eigenvalue weighted by molar-refractivity contribution is 1.07. The molecule has 18 heavy (non-hydrogen) atoms. The minimum Gasteiger partial charge on any atom is -0.113 e. The SMILES string of the molecule is Cc1cc(C)c(C(Cl)c2cccc(Br)c2)c(C)c1. The third-order valence-corrected chi connectivity index (χ3v) is 4.10. The fraction of sp³-hybridized carbons (Fsp3) is 0.250. The van der Waals surface area contributed by atoms with Crippen LogP contribution in [0.25, 0.3) is 0 Å². The smallest absolute Gasteiger partial charge is 0.0840 e. The highest BCUT2D eigenvalue weighted by Crippen LogP contribution is 2.34. The Balaban J connectivity index is 2.49. The normalized spacial score (nSPS) is 12.5. The van der Waals surface area contributed by atoms with Crippen LogP contribution in [-0.2, 0) is 0 Å². The van der Waals surface area contributed by atoms with Crippen LogP contribution >= 0.6 is 27.5 Å². The predicted molar refractivity (Wildman–Crippen MR) is 82.5 cm³/mol. The van der Waals surface area contributed by atoms with Crippen molar-refractivity contribution in [3.8, 4) is 0 Å². The van der Waals surface area contributed by atoms with E-state index >= 15 is 0 Å². The lowest BCUT2D eigenvalue weighted by Gasteiger charge is -2.17. The molecule has 2 heteroatoms. The zero-order valence-electron chi connectivity index (χ0n) is 10.8. The van der Waals surface area contributed by atoms with Crippen molar-refractivity contribution in [1.82, 2.24) is 0 Å².